The highest BCUT2D eigenvalue weighted by Crippen LogP contribution is 2.31. The number of hydrogen-bond donors (Lipinski definition) is 0. The number of thiazole rings is 1. The molecular formula is C31H27N5OS. The van der Waals surface area contributed by atoms with Crippen molar-refractivity contribution in [1.29, 1.82) is 5.26 Å². The van der Waals surface area contributed by atoms with Crippen molar-refractivity contribution in [3.63, 3.8) is 0 Å². The van der Waals surface area contributed by atoms with Crippen LogP contribution in [0.15, 0.2) is 77.7 Å². The zero-order valence-electron chi connectivity index (χ0n) is 21.2. The van der Waals surface area contributed by atoms with Gasteiger partial charge in [-0.1, -0.05) is 48.5 Å². The molecule has 0 N–H and O–H groups in total. The first-order valence-corrected chi connectivity index (χ1v) is 13.7. The van der Waals surface area contributed by atoms with Gasteiger partial charge in [0.1, 0.15) is 22.5 Å². The fourth-order valence-corrected chi connectivity index (χ4v) is 6.17. The molecule has 1 aliphatic rings. The summed E-state index contributed by atoms with van der Waals surface area (Å²) < 4.78 is 2.59. The van der Waals surface area contributed by atoms with Gasteiger partial charge in [0.15, 0.2) is 0 Å². The summed E-state index contributed by atoms with van der Waals surface area (Å²) in [5, 5.41) is 10.7. The minimum absolute atomic E-state index is 0.172. The first kappa shape index (κ1) is 24.1. The summed E-state index contributed by atoms with van der Waals surface area (Å²) in [6, 6.07) is 24.6. The second kappa shape index (κ2) is 10.2. The Morgan fingerprint density at radius 2 is 1.82 bits per heavy atom. The van der Waals surface area contributed by atoms with E-state index in [1.165, 1.54) is 16.9 Å². The smallest absolute Gasteiger partial charge is 0.267 e. The number of aryl methyl sites for hydroxylation is 1. The number of para-hydroxylation sites is 1. The topological polar surface area (TPSA) is 74.3 Å². The maximum Gasteiger partial charge on any atom is 0.267 e. The van der Waals surface area contributed by atoms with Gasteiger partial charge in [0.25, 0.3) is 5.56 Å². The van der Waals surface area contributed by atoms with Crippen LogP contribution in [0.4, 0.5) is 5.82 Å². The molecule has 38 heavy (non-hydrogen) atoms. The molecular weight excluding hydrogens is 490 g/mol. The molecule has 0 saturated carbocycles. The Hall–Kier alpha value is -4.28. The van der Waals surface area contributed by atoms with Crippen LogP contribution < -0.4 is 10.5 Å². The SMILES string of the molecule is Cc1cccn2c(=O)c(C=C(C#N)c3nc4ccccc4s3)c(N3CCC(Cc4ccccc4)CC3)nc12. The van der Waals surface area contributed by atoms with Gasteiger partial charge in [-0.2, -0.15) is 5.26 Å². The summed E-state index contributed by atoms with van der Waals surface area (Å²) in [6.45, 7) is 3.60. The number of nitriles is 1. The predicted molar refractivity (Wildman–Crippen MR) is 154 cm³/mol. The first-order valence-electron chi connectivity index (χ1n) is 12.9. The van der Waals surface area contributed by atoms with Crippen molar-refractivity contribution >= 4 is 44.7 Å². The minimum Gasteiger partial charge on any atom is -0.356 e. The minimum atomic E-state index is -0.172. The number of pyridine rings is 1. The highest BCUT2D eigenvalue weighted by Gasteiger charge is 2.25. The Morgan fingerprint density at radius 1 is 1.05 bits per heavy atom. The molecule has 1 saturated heterocycles. The lowest BCUT2D eigenvalue weighted by molar-refractivity contribution is 0.402. The molecule has 2 aromatic carbocycles. The number of hydrogen-bond acceptors (Lipinski definition) is 6. The zero-order valence-corrected chi connectivity index (χ0v) is 22.0. The molecule has 0 amide bonds. The molecule has 0 atom stereocenters. The van der Waals surface area contributed by atoms with Crippen LogP contribution in [-0.2, 0) is 6.42 Å². The van der Waals surface area contributed by atoms with Gasteiger partial charge >= 0.3 is 0 Å². The van der Waals surface area contributed by atoms with E-state index >= 15 is 0 Å². The Labute approximate surface area is 225 Å². The van der Waals surface area contributed by atoms with E-state index in [0.29, 0.717) is 33.5 Å². The Kier molecular flexibility index (Phi) is 6.48. The van der Waals surface area contributed by atoms with Crippen LogP contribution in [0.1, 0.15) is 34.5 Å². The second-order valence-corrected chi connectivity index (χ2v) is 10.8. The Balaban J connectivity index is 1.40. The molecule has 1 fully saturated rings. The van der Waals surface area contributed by atoms with Crippen LogP contribution >= 0.6 is 11.3 Å². The molecule has 0 radical (unpaired) electrons. The summed E-state index contributed by atoms with van der Waals surface area (Å²) in [6.07, 6.45) is 6.54. The van der Waals surface area contributed by atoms with E-state index in [-0.39, 0.29) is 5.56 Å². The Morgan fingerprint density at radius 3 is 2.58 bits per heavy atom. The number of nitrogens with zero attached hydrogens (tertiary/aromatic N) is 5. The molecule has 3 aromatic heterocycles. The number of fused-ring (bicyclic) bond motifs is 2. The van der Waals surface area contributed by atoms with Gasteiger partial charge in [-0.25, -0.2) is 9.97 Å². The summed E-state index contributed by atoms with van der Waals surface area (Å²) >= 11 is 1.46. The third kappa shape index (κ3) is 4.59. The molecule has 6 rings (SSSR count). The molecule has 7 heteroatoms. The molecule has 0 spiro atoms. The first-order chi connectivity index (χ1) is 18.6. The van der Waals surface area contributed by atoms with E-state index in [1.807, 2.05) is 43.3 Å². The third-order valence-electron chi connectivity index (χ3n) is 7.28. The van der Waals surface area contributed by atoms with Crippen LogP contribution in [0, 0.1) is 24.2 Å². The lowest BCUT2D eigenvalue weighted by Gasteiger charge is -2.33. The van der Waals surface area contributed by atoms with Crippen LogP contribution in [0.3, 0.4) is 0 Å². The monoisotopic (exact) mass is 517 g/mol. The molecule has 0 bridgehead atoms. The van der Waals surface area contributed by atoms with E-state index in [2.05, 4.69) is 46.3 Å². The number of rotatable bonds is 5. The highest BCUT2D eigenvalue weighted by atomic mass is 32.1. The van der Waals surface area contributed by atoms with Crippen molar-refractivity contribution in [2.24, 2.45) is 5.92 Å². The number of benzene rings is 2. The van der Waals surface area contributed by atoms with Crippen LogP contribution in [0.5, 0.6) is 0 Å². The molecule has 0 unspecified atom stereocenters. The van der Waals surface area contributed by atoms with Crippen LogP contribution in [-0.4, -0.2) is 27.5 Å². The van der Waals surface area contributed by atoms with E-state index in [9.17, 15) is 10.1 Å². The van der Waals surface area contributed by atoms with Crippen LogP contribution in [0.25, 0.3) is 27.5 Å². The van der Waals surface area contributed by atoms with Crippen molar-refractivity contribution in [1.82, 2.24) is 14.4 Å². The van der Waals surface area contributed by atoms with Crippen LogP contribution in [0.2, 0.25) is 0 Å². The maximum atomic E-state index is 13.8. The lowest BCUT2D eigenvalue weighted by Crippen LogP contribution is -2.37. The van der Waals surface area contributed by atoms with Gasteiger partial charge < -0.3 is 4.90 Å². The summed E-state index contributed by atoms with van der Waals surface area (Å²) in [4.78, 5) is 25.7. The third-order valence-corrected chi connectivity index (χ3v) is 8.35. The van der Waals surface area contributed by atoms with Gasteiger partial charge in [-0.15, -0.1) is 11.3 Å². The van der Waals surface area contributed by atoms with E-state index in [4.69, 9.17) is 4.98 Å². The standard InChI is InChI=1S/C31H27N5OS/c1-21-8-7-15-36-28(21)34-29(35-16-13-23(14-17-35)18-22-9-3-2-4-10-22)25(31(36)37)19-24(20-32)30-33-26-11-5-6-12-27(26)38-30/h2-12,15,19,23H,13-14,16-18H2,1H3. The average molecular weight is 518 g/mol. The molecule has 188 valence electrons. The van der Waals surface area contributed by atoms with E-state index in [1.54, 1.807) is 16.7 Å². The van der Waals surface area contributed by atoms with Gasteiger partial charge in [0.2, 0.25) is 0 Å². The van der Waals surface area contributed by atoms with Gasteiger partial charge in [-0.05, 0) is 67.5 Å². The Bertz CT molecular complexity index is 1720. The van der Waals surface area contributed by atoms with Gasteiger partial charge in [-0.3, -0.25) is 9.20 Å². The van der Waals surface area contributed by atoms with Gasteiger partial charge in [0, 0.05) is 19.3 Å². The van der Waals surface area contributed by atoms with Crippen molar-refractivity contribution in [3.8, 4) is 6.07 Å². The number of piperidine rings is 1. The zero-order chi connectivity index (χ0) is 26.1. The largest absolute Gasteiger partial charge is 0.356 e. The average Bonchev–Trinajstić information content (AvgIpc) is 3.38. The number of anilines is 1. The molecule has 1 aliphatic heterocycles. The number of allylic oxidation sites excluding steroid dienone is 1. The van der Waals surface area contributed by atoms with Crippen molar-refractivity contribution < 1.29 is 0 Å². The highest BCUT2D eigenvalue weighted by molar-refractivity contribution is 7.19. The van der Waals surface area contributed by atoms with Crippen molar-refractivity contribution in [2.75, 3.05) is 18.0 Å². The molecule has 6 nitrogen and oxygen atoms in total. The summed E-state index contributed by atoms with van der Waals surface area (Å²) in [7, 11) is 0. The van der Waals surface area contributed by atoms with Gasteiger partial charge in [0.05, 0.1) is 21.4 Å². The predicted octanol–water partition coefficient (Wildman–Crippen LogP) is 6.14. The fraction of sp³-hybridized carbons (Fsp3) is 0.226. The molecule has 4 heterocycles. The number of aromatic nitrogens is 3. The summed E-state index contributed by atoms with van der Waals surface area (Å²) in [5.41, 5.74) is 4.43. The normalized spacial score (nSPS) is 14.7. The molecule has 0 aliphatic carbocycles. The summed E-state index contributed by atoms with van der Waals surface area (Å²) in [5.74, 6) is 1.24. The maximum absolute atomic E-state index is 13.8. The van der Waals surface area contributed by atoms with E-state index in [0.717, 1.165) is 48.1 Å². The molecule has 5 aromatic rings. The van der Waals surface area contributed by atoms with Crippen molar-refractivity contribution in [3.05, 3.63) is 105 Å². The van der Waals surface area contributed by atoms with E-state index < -0.39 is 0 Å². The fourth-order valence-electron chi connectivity index (χ4n) is 5.24. The lowest BCUT2D eigenvalue weighted by atomic mass is 9.90. The van der Waals surface area contributed by atoms with Crippen molar-refractivity contribution in [2.45, 2.75) is 26.2 Å². The second-order valence-electron chi connectivity index (χ2n) is 9.82. The quantitative estimate of drug-likeness (QED) is 0.262.